The van der Waals surface area contributed by atoms with Gasteiger partial charge < -0.3 is 10.1 Å². The fraction of sp³-hybridized carbons (Fsp3) is 0.318. The third-order valence-corrected chi connectivity index (χ3v) is 3.97. The number of nitrogens with zero attached hydrogens (tertiary/aromatic N) is 1. The quantitative estimate of drug-likeness (QED) is 0.527. The Balaban J connectivity index is 2.02. The second-order valence-corrected chi connectivity index (χ2v) is 7.15. The minimum absolute atomic E-state index is 0.0479. The number of ether oxygens (including phenoxy) is 1. The SMILES string of the molecule is CC(C)Oc1cccc(C=NNC(=O)C(NC(=O)c2ccccc2F)C(C)C)c1. The van der Waals surface area contributed by atoms with Crippen molar-refractivity contribution in [2.45, 2.75) is 39.8 Å². The largest absolute Gasteiger partial charge is 0.491 e. The number of carbonyl (C=O) groups is 2. The average molecular weight is 399 g/mol. The second-order valence-electron chi connectivity index (χ2n) is 7.15. The average Bonchev–Trinajstić information content (AvgIpc) is 2.65. The third-order valence-electron chi connectivity index (χ3n) is 3.97. The highest BCUT2D eigenvalue weighted by atomic mass is 19.1. The summed E-state index contributed by atoms with van der Waals surface area (Å²) in [5.74, 6) is -1.30. The summed E-state index contributed by atoms with van der Waals surface area (Å²) in [5.41, 5.74) is 3.06. The van der Waals surface area contributed by atoms with Gasteiger partial charge in [-0.25, -0.2) is 9.82 Å². The molecule has 154 valence electrons. The Labute approximate surface area is 170 Å². The fourth-order valence-electron chi connectivity index (χ4n) is 2.58. The van der Waals surface area contributed by atoms with Gasteiger partial charge in [-0.2, -0.15) is 5.10 Å². The highest BCUT2D eigenvalue weighted by Gasteiger charge is 2.25. The highest BCUT2D eigenvalue weighted by Crippen LogP contribution is 2.14. The van der Waals surface area contributed by atoms with Gasteiger partial charge in [0.25, 0.3) is 11.8 Å². The Kier molecular flexibility index (Phi) is 7.88. The topological polar surface area (TPSA) is 79.8 Å². The van der Waals surface area contributed by atoms with Crippen LogP contribution in [0.5, 0.6) is 5.75 Å². The molecule has 0 aromatic heterocycles. The van der Waals surface area contributed by atoms with Gasteiger partial charge in [0.05, 0.1) is 17.9 Å². The molecular weight excluding hydrogens is 373 g/mol. The van der Waals surface area contributed by atoms with E-state index in [0.717, 1.165) is 5.56 Å². The summed E-state index contributed by atoms with van der Waals surface area (Å²) in [5, 5.41) is 6.53. The Bertz CT molecular complexity index is 881. The number of carbonyl (C=O) groups excluding carboxylic acids is 2. The molecule has 2 N–H and O–H groups in total. The van der Waals surface area contributed by atoms with Crippen LogP contribution in [0.15, 0.2) is 53.6 Å². The predicted octanol–water partition coefficient (Wildman–Crippen LogP) is 3.52. The molecule has 1 unspecified atom stereocenters. The Hall–Kier alpha value is -3.22. The van der Waals surface area contributed by atoms with E-state index in [1.165, 1.54) is 24.4 Å². The molecule has 0 saturated heterocycles. The van der Waals surface area contributed by atoms with E-state index in [9.17, 15) is 14.0 Å². The lowest BCUT2D eigenvalue weighted by molar-refractivity contribution is -0.123. The van der Waals surface area contributed by atoms with Crippen LogP contribution in [-0.2, 0) is 4.79 Å². The van der Waals surface area contributed by atoms with Crippen LogP contribution in [0.4, 0.5) is 4.39 Å². The monoisotopic (exact) mass is 399 g/mol. The van der Waals surface area contributed by atoms with E-state index in [0.29, 0.717) is 5.75 Å². The molecule has 2 rings (SSSR count). The molecule has 1 atom stereocenters. The van der Waals surface area contributed by atoms with Gasteiger partial charge in [-0.05, 0) is 49.6 Å². The number of hydrogen-bond acceptors (Lipinski definition) is 4. The number of hydrogen-bond donors (Lipinski definition) is 2. The normalized spacial score (nSPS) is 12.2. The van der Waals surface area contributed by atoms with Gasteiger partial charge in [-0.3, -0.25) is 9.59 Å². The first-order valence-corrected chi connectivity index (χ1v) is 9.43. The minimum Gasteiger partial charge on any atom is -0.491 e. The molecule has 6 nitrogen and oxygen atoms in total. The van der Waals surface area contributed by atoms with Crippen molar-refractivity contribution in [3.8, 4) is 5.75 Å². The standard InChI is InChI=1S/C22H26FN3O3/c1-14(2)20(25-21(27)18-10-5-6-11-19(18)23)22(28)26-24-13-16-8-7-9-17(12-16)29-15(3)4/h5-15,20H,1-4H3,(H,25,27)(H,26,28). The molecule has 0 aliphatic heterocycles. The van der Waals surface area contributed by atoms with Gasteiger partial charge in [0.15, 0.2) is 0 Å². The van der Waals surface area contributed by atoms with Crippen LogP contribution in [0.2, 0.25) is 0 Å². The number of benzene rings is 2. The molecule has 0 saturated carbocycles. The van der Waals surface area contributed by atoms with Gasteiger partial charge in [0, 0.05) is 0 Å². The molecule has 0 fully saturated rings. The highest BCUT2D eigenvalue weighted by molar-refractivity contribution is 5.98. The lowest BCUT2D eigenvalue weighted by Gasteiger charge is -2.20. The van der Waals surface area contributed by atoms with Crippen molar-refractivity contribution in [1.29, 1.82) is 0 Å². The van der Waals surface area contributed by atoms with E-state index in [1.54, 1.807) is 26.0 Å². The predicted molar refractivity (Wildman–Crippen MR) is 110 cm³/mol. The van der Waals surface area contributed by atoms with Crippen LogP contribution in [-0.4, -0.2) is 30.2 Å². The van der Waals surface area contributed by atoms with Crippen molar-refractivity contribution < 1.29 is 18.7 Å². The first-order chi connectivity index (χ1) is 13.8. The summed E-state index contributed by atoms with van der Waals surface area (Å²) in [6.07, 6.45) is 1.54. The molecule has 0 bridgehead atoms. The van der Waals surface area contributed by atoms with Gasteiger partial charge in [-0.15, -0.1) is 0 Å². The van der Waals surface area contributed by atoms with Crippen LogP contribution in [0, 0.1) is 11.7 Å². The Morgan fingerprint density at radius 2 is 1.79 bits per heavy atom. The Morgan fingerprint density at radius 1 is 1.07 bits per heavy atom. The van der Waals surface area contributed by atoms with Crippen LogP contribution < -0.4 is 15.5 Å². The van der Waals surface area contributed by atoms with Gasteiger partial charge >= 0.3 is 0 Å². The van der Waals surface area contributed by atoms with Crippen molar-refractivity contribution in [3.05, 3.63) is 65.5 Å². The van der Waals surface area contributed by atoms with E-state index in [2.05, 4.69) is 15.8 Å². The number of halogens is 1. The first-order valence-electron chi connectivity index (χ1n) is 9.43. The lowest BCUT2D eigenvalue weighted by Crippen LogP contribution is -2.48. The third kappa shape index (κ3) is 6.71. The summed E-state index contributed by atoms with van der Waals surface area (Å²) in [7, 11) is 0. The van der Waals surface area contributed by atoms with Crippen molar-refractivity contribution in [3.63, 3.8) is 0 Å². The van der Waals surface area contributed by atoms with E-state index >= 15 is 0 Å². The zero-order valence-electron chi connectivity index (χ0n) is 17.0. The molecule has 2 aromatic carbocycles. The maximum Gasteiger partial charge on any atom is 0.262 e. The second kappa shape index (κ2) is 10.4. The van der Waals surface area contributed by atoms with E-state index in [-0.39, 0.29) is 17.6 Å². The Morgan fingerprint density at radius 3 is 2.45 bits per heavy atom. The van der Waals surface area contributed by atoms with Gasteiger partial charge in [0.1, 0.15) is 17.6 Å². The molecule has 29 heavy (non-hydrogen) atoms. The van der Waals surface area contributed by atoms with E-state index in [1.807, 2.05) is 32.0 Å². The molecule has 7 heteroatoms. The van der Waals surface area contributed by atoms with Crippen LogP contribution in [0.3, 0.4) is 0 Å². The van der Waals surface area contributed by atoms with Crippen LogP contribution in [0.1, 0.15) is 43.6 Å². The molecule has 2 aromatic rings. The summed E-state index contributed by atoms with van der Waals surface area (Å²) in [6.45, 7) is 7.43. The number of nitrogens with one attached hydrogen (secondary N) is 2. The van der Waals surface area contributed by atoms with Gasteiger partial charge in [0.2, 0.25) is 0 Å². The molecule has 0 aliphatic rings. The smallest absolute Gasteiger partial charge is 0.262 e. The summed E-state index contributed by atoms with van der Waals surface area (Å²) in [6, 6.07) is 12.0. The molecule has 0 heterocycles. The van der Waals surface area contributed by atoms with Crippen molar-refractivity contribution in [2.75, 3.05) is 0 Å². The van der Waals surface area contributed by atoms with Crippen molar-refractivity contribution in [1.82, 2.24) is 10.7 Å². The number of amides is 2. The van der Waals surface area contributed by atoms with Crippen molar-refractivity contribution >= 4 is 18.0 Å². The van der Waals surface area contributed by atoms with Crippen molar-refractivity contribution in [2.24, 2.45) is 11.0 Å². The van der Waals surface area contributed by atoms with Crippen LogP contribution >= 0.6 is 0 Å². The first kappa shape index (κ1) is 22.1. The van der Waals surface area contributed by atoms with Gasteiger partial charge in [-0.1, -0.05) is 38.1 Å². The zero-order chi connectivity index (χ0) is 21.4. The molecule has 0 spiro atoms. The molecule has 0 radical (unpaired) electrons. The number of rotatable bonds is 8. The molecule has 2 amide bonds. The summed E-state index contributed by atoms with van der Waals surface area (Å²) < 4.78 is 19.4. The summed E-state index contributed by atoms with van der Waals surface area (Å²) >= 11 is 0. The molecular formula is C22H26FN3O3. The van der Waals surface area contributed by atoms with E-state index in [4.69, 9.17) is 4.74 Å². The molecule has 0 aliphatic carbocycles. The lowest BCUT2D eigenvalue weighted by atomic mass is 10.0. The number of hydrazone groups is 1. The fourth-order valence-corrected chi connectivity index (χ4v) is 2.58. The van der Waals surface area contributed by atoms with E-state index < -0.39 is 23.7 Å². The summed E-state index contributed by atoms with van der Waals surface area (Å²) in [4.78, 5) is 24.8. The van der Waals surface area contributed by atoms with Crippen LogP contribution in [0.25, 0.3) is 0 Å². The zero-order valence-corrected chi connectivity index (χ0v) is 17.0. The maximum absolute atomic E-state index is 13.8. The maximum atomic E-state index is 13.8. The minimum atomic E-state index is -0.866.